The topological polar surface area (TPSA) is 54.7 Å². The van der Waals surface area contributed by atoms with Crippen molar-refractivity contribution in [1.29, 1.82) is 0 Å². The lowest BCUT2D eigenvalue weighted by Gasteiger charge is -2.16. The Morgan fingerprint density at radius 2 is 1.86 bits per heavy atom. The number of hydrogen-bond acceptors (Lipinski definition) is 2. The lowest BCUT2D eigenvalue weighted by molar-refractivity contribution is 0.147. The van der Waals surface area contributed by atoms with Gasteiger partial charge in [0.2, 0.25) is 0 Å². The second kappa shape index (κ2) is 7.94. The summed E-state index contributed by atoms with van der Waals surface area (Å²) in [6, 6.07) is 13.3. The fraction of sp³-hybridized carbons (Fsp3) is 0.286. The van der Waals surface area contributed by atoms with Gasteiger partial charge in [-0.1, -0.05) is 41.4 Å². The van der Waals surface area contributed by atoms with Crippen molar-refractivity contribution in [3.63, 3.8) is 0 Å². The Balaban J connectivity index is 1.69. The number of halogens is 2. The van der Waals surface area contributed by atoms with Gasteiger partial charge in [-0.05, 0) is 36.2 Å². The van der Waals surface area contributed by atoms with Crippen LogP contribution in [0, 0.1) is 0 Å². The van der Waals surface area contributed by atoms with Crippen molar-refractivity contribution in [1.82, 2.24) is 9.47 Å². The molecule has 2 heterocycles. The second-order valence-corrected chi connectivity index (χ2v) is 7.63. The maximum atomic E-state index is 11.4. The lowest BCUT2D eigenvalue weighted by Crippen LogP contribution is -2.31. The van der Waals surface area contributed by atoms with E-state index in [1.807, 2.05) is 36.4 Å². The summed E-state index contributed by atoms with van der Waals surface area (Å²) in [6.07, 6.45) is 0.379. The van der Waals surface area contributed by atoms with Gasteiger partial charge in [-0.2, -0.15) is 0 Å². The molecule has 0 fully saturated rings. The summed E-state index contributed by atoms with van der Waals surface area (Å²) in [5, 5.41) is 11.5. The number of amides is 1. The zero-order chi connectivity index (χ0) is 19.7. The summed E-state index contributed by atoms with van der Waals surface area (Å²) in [7, 11) is 0. The van der Waals surface area contributed by atoms with Crippen LogP contribution in [0.15, 0.2) is 42.5 Å². The number of aromatic nitrogens is 1. The highest BCUT2D eigenvalue weighted by molar-refractivity contribution is 6.38. The highest BCUT2D eigenvalue weighted by atomic mass is 35.5. The van der Waals surface area contributed by atoms with Crippen LogP contribution in [0.3, 0.4) is 0 Å². The van der Waals surface area contributed by atoms with Crippen LogP contribution in [0.4, 0.5) is 4.79 Å². The number of ether oxygens (including phenoxy) is 1. The largest absolute Gasteiger partial charge is 0.492 e. The highest BCUT2D eigenvalue weighted by Gasteiger charge is 2.25. The minimum Gasteiger partial charge on any atom is -0.492 e. The fourth-order valence-electron chi connectivity index (χ4n) is 3.90. The van der Waals surface area contributed by atoms with Crippen molar-refractivity contribution in [3.05, 3.63) is 63.8 Å². The van der Waals surface area contributed by atoms with Crippen molar-refractivity contribution >= 4 is 40.2 Å². The molecule has 146 valence electrons. The molecule has 28 heavy (non-hydrogen) atoms. The van der Waals surface area contributed by atoms with E-state index in [0.29, 0.717) is 49.1 Å². The maximum Gasteiger partial charge on any atom is 0.407 e. The van der Waals surface area contributed by atoms with E-state index in [-0.39, 0.29) is 0 Å². The normalized spacial score (nSPS) is 14.0. The van der Waals surface area contributed by atoms with Crippen molar-refractivity contribution in [3.8, 4) is 5.75 Å². The average molecular weight is 419 g/mol. The summed E-state index contributed by atoms with van der Waals surface area (Å²) < 4.78 is 8.06. The number of carboxylic acid groups (broad SMARTS) is 1. The van der Waals surface area contributed by atoms with Crippen molar-refractivity contribution in [2.75, 3.05) is 19.7 Å². The van der Waals surface area contributed by atoms with Crippen LogP contribution in [-0.4, -0.2) is 40.4 Å². The quantitative estimate of drug-likeness (QED) is 0.640. The van der Waals surface area contributed by atoms with Gasteiger partial charge in [-0.25, -0.2) is 4.79 Å². The van der Waals surface area contributed by atoms with Gasteiger partial charge in [0.05, 0.1) is 17.1 Å². The van der Waals surface area contributed by atoms with E-state index >= 15 is 0 Å². The minimum absolute atomic E-state index is 0.459. The molecule has 0 bridgehead atoms. The molecule has 0 aliphatic carbocycles. The zero-order valence-electron chi connectivity index (χ0n) is 15.2. The molecule has 1 N–H and O–H groups in total. The number of nitrogens with zero attached hydrogens (tertiary/aromatic N) is 2. The Kier molecular flexibility index (Phi) is 5.38. The lowest BCUT2D eigenvalue weighted by atomic mass is 10.1. The predicted molar refractivity (Wildman–Crippen MR) is 111 cm³/mol. The molecule has 7 heteroatoms. The summed E-state index contributed by atoms with van der Waals surface area (Å²) in [4.78, 5) is 12.9. The molecule has 0 saturated carbocycles. The summed E-state index contributed by atoms with van der Waals surface area (Å²) in [5.41, 5.74) is 3.20. The van der Waals surface area contributed by atoms with Gasteiger partial charge in [-0.3, -0.25) is 0 Å². The molecular formula is C21H20Cl2N2O3. The number of hydrogen-bond donors (Lipinski definition) is 1. The molecule has 1 aliphatic rings. The van der Waals surface area contributed by atoms with Crippen LogP contribution in [0.5, 0.6) is 5.75 Å². The van der Waals surface area contributed by atoms with E-state index in [9.17, 15) is 9.90 Å². The molecular weight excluding hydrogens is 399 g/mol. The van der Waals surface area contributed by atoms with Gasteiger partial charge in [0.25, 0.3) is 0 Å². The van der Waals surface area contributed by atoms with Gasteiger partial charge >= 0.3 is 6.09 Å². The van der Waals surface area contributed by atoms with Crippen LogP contribution in [0.25, 0.3) is 10.9 Å². The first-order valence-corrected chi connectivity index (χ1v) is 9.95. The SMILES string of the molecule is O=C(O)N1CCc2c(n(CCOc3ccccc3)c3cc(Cl)cc(Cl)c23)CC1. The van der Waals surface area contributed by atoms with E-state index in [2.05, 4.69) is 4.57 Å². The summed E-state index contributed by atoms with van der Waals surface area (Å²) in [6.45, 7) is 2.04. The van der Waals surface area contributed by atoms with Crippen molar-refractivity contribution in [2.24, 2.45) is 0 Å². The Morgan fingerprint density at radius 1 is 1.11 bits per heavy atom. The first-order valence-electron chi connectivity index (χ1n) is 9.19. The number of fused-ring (bicyclic) bond motifs is 3. The van der Waals surface area contributed by atoms with Gasteiger partial charge in [0, 0.05) is 35.6 Å². The maximum absolute atomic E-state index is 11.4. The first kappa shape index (κ1) is 19.0. The molecule has 0 saturated heterocycles. The van der Waals surface area contributed by atoms with E-state index in [0.717, 1.165) is 27.9 Å². The molecule has 0 unspecified atom stereocenters. The standard InChI is InChI=1S/C21H20Cl2N2O3/c22-14-12-17(23)20-16-6-8-24(21(26)27)9-7-18(16)25(19(20)13-14)10-11-28-15-4-2-1-3-5-15/h1-5,12-13H,6-11H2,(H,26,27). The minimum atomic E-state index is -0.887. The fourth-order valence-corrected chi connectivity index (χ4v) is 4.49. The number of carbonyl (C=O) groups is 1. The molecule has 3 aromatic rings. The summed E-state index contributed by atoms with van der Waals surface area (Å²) >= 11 is 12.8. The Hall–Kier alpha value is -2.37. The molecule has 2 aromatic carbocycles. The Bertz CT molecular complexity index is 1020. The molecule has 5 nitrogen and oxygen atoms in total. The van der Waals surface area contributed by atoms with Crippen LogP contribution < -0.4 is 4.74 Å². The molecule has 0 radical (unpaired) electrons. The molecule has 1 amide bonds. The van der Waals surface area contributed by atoms with Crippen LogP contribution in [-0.2, 0) is 19.4 Å². The van der Waals surface area contributed by atoms with E-state index in [1.165, 1.54) is 4.90 Å². The summed E-state index contributed by atoms with van der Waals surface area (Å²) in [5.74, 6) is 0.818. The van der Waals surface area contributed by atoms with Gasteiger partial charge in [0.1, 0.15) is 12.4 Å². The van der Waals surface area contributed by atoms with Gasteiger partial charge in [0.15, 0.2) is 0 Å². The van der Waals surface area contributed by atoms with E-state index in [1.54, 1.807) is 6.07 Å². The molecule has 0 atom stereocenters. The van der Waals surface area contributed by atoms with Crippen molar-refractivity contribution < 1.29 is 14.6 Å². The smallest absolute Gasteiger partial charge is 0.407 e. The third-order valence-corrected chi connectivity index (χ3v) is 5.66. The third-order valence-electron chi connectivity index (χ3n) is 5.15. The molecule has 1 aliphatic heterocycles. The van der Waals surface area contributed by atoms with E-state index in [4.69, 9.17) is 27.9 Å². The Morgan fingerprint density at radius 3 is 2.61 bits per heavy atom. The molecule has 1 aromatic heterocycles. The average Bonchev–Trinajstić information content (AvgIpc) is 2.81. The first-order chi connectivity index (χ1) is 13.5. The second-order valence-electron chi connectivity index (χ2n) is 6.79. The highest BCUT2D eigenvalue weighted by Crippen LogP contribution is 2.36. The number of benzene rings is 2. The zero-order valence-corrected chi connectivity index (χ0v) is 16.7. The van der Waals surface area contributed by atoms with Crippen LogP contribution >= 0.6 is 23.2 Å². The van der Waals surface area contributed by atoms with Crippen molar-refractivity contribution in [2.45, 2.75) is 19.4 Å². The monoisotopic (exact) mass is 418 g/mol. The van der Waals surface area contributed by atoms with E-state index < -0.39 is 6.09 Å². The molecule has 0 spiro atoms. The molecule has 4 rings (SSSR count). The third kappa shape index (κ3) is 3.64. The number of rotatable bonds is 4. The van der Waals surface area contributed by atoms with Crippen LogP contribution in [0.1, 0.15) is 11.3 Å². The van der Waals surface area contributed by atoms with Gasteiger partial charge in [-0.15, -0.1) is 0 Å². The Labute approximate surface area is 173 Å². The predicted octanol–water partition coefficient (Wildman–Crippen LogP) is 5.11. The van der Waals surface area contributed by atoms with Gasteiger partial charge < -0.3 is 19.3 Å². The van der Waals surface area contributed by atoms with Crippen LogP contribution in [0.2, 0.25) is 10.0 Å². The number of para-hydroxylation sites is 1.